The molecule has 0 saturated carbocycles. The second-order valence-corrected chi connectivity index (χ2v) is 6.60. The lowest BCUT2D eigenvalue weighted by Gasteiger charge is -2.33. The molecule has 5 rings (SSSR count). The normalized spacial score (nSPS) is 17.7. The Morgan fingerprint density at radius 3 is 2.93 bits per heavy atom. The molecule has 0 spiro atoms. The summed E-state index contributed by atoms with van der Waals surface area (Å²) in [6.07, 6.45) is 1.26. The zero-order chi connectivity index (χ0) is 18.4. The standard InChI is InChI=1S/C20H17N3O4/c1-12-14-7-6-13-4-2-3-5-15(13)18(14)27-17(12)20(24)23-8-9-25-10-16(23)19-21-11-26-22-19/h2-7,11,16H,8-10H2,1H3/t16-/m0/s1. The summed E-state index contributed by atoms with van der Waals surface area (Å²) in [5.74, 6) is 0.588. The Hall–Kier alpha value is -3.19. The molecular formula is C20H17N3O4. The summed E-state index contributed by atoms with van der Waals surface area (Å²) in [7, 11) is 0. The second kappa shape index (κ2) is 6.21. The maximum atomic E-state index is 13.3. The molecule has 1 fully saturated rings. The van der Waals surface area contributed by atoms with Gasteiger partial charge < -0.3 is 18.6 Å². The Morgan fingerprint density at radius 2 is 2.07 bits per heavy atom. The highest BCUT2D eigenvalue weighted by molar-refractivity contribution is 6.08. The van der Waals surface area contributed by atoms with E-state index in [1.165, 1.54) is 6.39 Å². The van der Waals surface area contributed by atoms with Crippen LogP contribution in [0.1, 0.15) is 28.0 Å². The van der Waals surface area contributed by atoms with Crippen LogP contribution in [0.2, 0.25) is 0 Å². The van der Waals surface area contributed by atoms with E-state index in [0.29, 0.717) is 31.3 Å². The number of carbonyl (C=O) groups is 1. The number of benzene rings is 2. The molecule has 136 valence electrons. The Morgan fingerprint density at radius 1 is 1.19 bits per heavy atom. The predicted octanol–water partition coefficient (Wildman–Crippen LogP) is 3.49. The molecule has 1 aliphatic heterocycles. The number of carbonyl (C=O) groups excluding carboxylic acids is 1. The van der Waals surface area contributed by atoms with Crippen molar-refractivity contribution in [2.45, 2.75) is 13.0 Å². The smallest absolute Gasteiger partial charge is 0.290 e. The first kappa shape index (κ1) is 16.0. The zero-order valence-electron chi connectivity index (χ0n) is 14.7. The molecule has 0 N–H and O–H groups in total. The number of amides is 1. The van der Waals surface area contributed by atoms with E-state index in [1.807, 2.05) is 43.3 Å². The molecule has 0 aliphatic carbocycles. The van der Waals surface area contributed by atoms with Gasteiger partial charge in [-0.3, -0.25) is 4.79 Å². The molecule has 27 heavy (non-hydrogen) atoms. The minimum atomic E-state index is -0.394. The highest BCUT2D eigenvalue weighted by Crippen LogP contribution is 2.33. The van der Waals surface area contributed by atoms with E-state index in [9.17, 15) is 4.79 Å². The number of aryl methyl sites for hydroxylation is 1. The summed E-state index contributed by atoms with van der Waals surface area (Å²) < 4.78 is 16.5. The van der Waals surface area contributed by atoms with Crippen LogP contribution in [0, 0.1) is 6.92 Å². The summed E-state index contributed by atoms with van der Waals surface area (Å²) >= 11 is 0. The Bertz CT molecular complexity index is 1130. The predicted molar refractivity (Wildman–Crippen MR) is 97.4 cm³/mol. The summed E-state index contributed by atoms with van der Waals surface area (Å²) in [6, 6.07) is 11.6. The monoisotopic (exact) mass is 363 g/mol. The number of furan rings is 1. The maximum Gasteiger partial charge on any atom is 0.290 e. The minimum Gasteiger partial charge on any atom is -0.450 e. The molecule has 0 unspecified atom stereocenters. The van der Waals surface area contributed by atoms with Gasteiger partial charge in [0, 0.05) is 22.9 Å². The topological polar surface area (TPSA) is 81.6 Å². The highest BCUT2D eigenvalue weighted by atomic mass is 16.5. The lowest BCUT2D eigenvalue weighted by molar-refractivity contribution is -0.00723. The van der Waals surface area contributed by atoms with E-state index in [4.69, 9.17) is 13.7 Å². The van der Waals surface area contributed by atoms with Crippen molar-refractivity contribution in [3.05, 3.63) is 59.9 Å². The molecule has 2 aromatic heterocycles. The third-order valence-electron chi connectivity index (χ3n) is 5.09. The summed E-state index contributed by atoms with van der Waals surface area (Å²) in [6.45, 7) is 3.14. The van der Waals surface area contributed by atoms with Crippen molar-refractivity contribution in [1.29, 1.82) is 0 Å². The van der Waals surface area contributed by atoms with Gasteiger partial charge in [0.05, 0.1) is 13.2 Å². The fraction of sp³-hybridized carbons (Fsp3) is 0.250. The number of ether oxygens (including phenoxy) is 1. The molecule has 3 heterocycles. The fourth-order valence-electron chi connectivity index (χ4n) is 3.67. The van der Waals surface area contributed by atoms with Gasteiger partial charge in [-0.25, -0.2) is 0 Å². The van der Waals surface area contributed by atoms with Gasteiger partial charge in [0.15, 0.2) is 11.6 Å². The first-order chi connectivity index (χ1) is 13.2. The molecule has 4 aromatic rings. The second-order valence-electron chi connectivity index (χ2n) is 6.60. The van der Waals surface area contributed by atoms with Gasteiger partial charge in [-0.05, 0) is 12.3 Å². The number of morpholine rings is 1. The number of aromatic nitrogens is 2. The molecule has 1 saturated heterocycles. The van der Waals surface area contributed by atoms with E-state index in [2.05, 4.69) is 10.1 Å². The van der Waals surface area contributed by atoms with Crippen LogP contribution in [0.25, 0.3) is 21.7 Å². The maximum absolute atomic E-state index is 13.3. The number of hydrogen-bond acceptors (Lipinski definition) is 6. The lowest BCUT2D eigenvalue weighted by atomic mass is 10.1. The van der Waals surface area contributed by atoms with Crippen LogP contribution in [0.3, 0.4) is 0 Å². The minimum absolute atomic E-state index is 0.189. The number of nitrogens with zero attached hydrogens (tertiary/aromatic N) is 3. The summed E-state index contributed by atoms with van der Waals surface area (Å²) in [4.78, 5) is 19.1. The fourth-order valence-corrected chi connectivity index (χ4v) is 3.67. The number of hydrogen-bond donors (Lipinski definition) is 0. The van der Waals surface area contributed by atoms with Crippen molar-refractivity contribution >= 4 is 27.6 Å². The van der Waals surface area contributed by atoms with Gasteiger partial charge in [-0.1, -0.05) is 41.6 Å². The van der Waals surface area contributed by atoms with Crippen LogP contribution in [0.15, 0.2) is 51.7 Å². The molecule has 2 aromatic carbocycles. The summed E-state index contributed by atoms with van der Waals surface area (Å²) in [5, 5.41) is 6.90. The van der Waals surface area contributed by atoms with Crippen molar-refractivity contribution in [3.63, 3.8) is 0 Å². The van der Waals surface area contributed by atoms with Crippen LogP contribution in [-0.2, 0) is 4.74 Å². The highest BCUT2D eigenvalue weighted by Gasteiger charge is 2.34. The van der Waals surface area contributed by atoms with Crippen LogP contribution >= 0.6 is 0 Å². The molecule has 1 atom stereocenters. The van der Waals surface area contributed by atoms with Crippen LogP contribution in [0.4, 0.5) is 0 Å². The van der Waals surface area contributed by atoms with E-state index in [0.717, 1.165) is 27.3 Å². The van der Waals surface area contributed by atoms with Gasteiger partial charge >= 0.3 is 0 Å². The number of fused-ring (bicyclic) bond motifs is 3. The van der Waals surface area contributed by atoms with Crippen LogP contribution < -0.4 is 0 Å². The first-order valence-corrected chi connectivity index (χ1v) is 8.80. The zero-order valence-corrected chi connectivity index (χ0v) is 14.7. The Labute approximate surface area is 154 Å². The molecular weight excluding hydrogens is 346 g/mol. The van der Waals surface area contributed by atoms with E-state index < -0.39 is 6.04 Å². The lowest BCUT2D eigenvalue weighted by Crippen LogP contribution is -2.43. The van der Waals surface area contributed by atoms with E-state index in [-0.39, 0.29) is 5.91 Å². The third kappa shape index (κ3) is 2.50. The van der Waals surface area contributed by atoms with Crippen molar-refractivity contribution in [1.82, 2.24) is 15.0 Å². The Kier molecular flexibility index (Phi) is 3.68. The van der Waals surface area contributed by atoms with E-state index >= 15 is 0 Å². The van der Waals surface area contributed by atoms with Crippen molar-refractivity contribution in [2.75, 3.05) is 19.8 Å². The largest absolute Gasteiger partial charge is 0.450 e. The van der Waals surface area contributed by atoms with Gasteiger partial charge in [0.1, 0.15) is 11.6 Å². The van der Waals surface area contributed by atoms with Gasteiger partial charge in [0.25, 0.3) is 5.91 Å². The molecule has 0 bridgehead atoms. The van der Waals surface area contributed by atoms with Crippen LogP contribution in [0.5, 0.6) is 0 Å². The van der Waals surface area contributed by atoms with Crippen molar-refractivity contribution < 1.29 is 18.5 Å². The van der Waals surface area contributed by atoms with Gasteiger partial charge in [0.2, 0.25) is 6.39 Å². The average molecular weight is 363 g/mol. The quantitative estimate of drug-likeness (QED) is 0.542. The van der Waals surface area contributed by atoms with Gasteiger partial charge in [-0.2, -0.15) is 4.98 Å². The van der Waals surface area contributed by atoms with Crippen molar-refractivity contribution in [2.24, 2.45) is 0 Å². The number of rotatable bonds is 2. The Balaban J connectivity index is 1.61. The molecule has 1 aliphatic rings. The molecule has 0 radical (unpaired) electrons. The van der Waals surface area contributed by atoms with E-state index in [1.54, 1.807) is 4.90 Å². The molecule has 7 nitrogen and oxygen atoms in total. The molecule has 1 amide bonds. The third-order valence-corrected chi connectivity index (χ3v) is 5.09. The SMILES string of the molecule is Cc1c(C(=O)N2CCOC[C@H]2c2ncon2)oc2c1ccc1ccccc12. The molecule has 7 heteroatoms. The van der Waals surface area contributed by atoms with Crippen LogP contribution in [-0.4, -0.2) is 40.7 Å². The first-order valence-electron chi connectivity index (χ1n) is 8.80. The van der Waals surface area contributed by atoms with Crippen molar-refractivity contribution in [3.8, 4) is 0 Å². The summed E-state index contributed by atoms with van der Waals surface area (Å²) in [5.41, 5.74) is 1.57. The average Bonchev–Trinajstić information content (AvgIpc) is 3.36. The van der Waals surface area contributed by atoms with Gasteiger partial charge in [-0.15, -0.1) is 0 Å².